The Morgan fingerprint density at radius 2 is 1.96 bits per heavy atom. The Labute approximate surface area is 153 Å². The Kier molecular flexibility index (Phi) is 5.20. The van der Waals surface area contributed by atoms with Crippen molar-refractivity contribution in [3.8, 4) is 0 Å². The number of urea groups is 1. The molecule has 3 fully saturated rings. The van der Waals surface area contributed by atoms with Crippen LogP contribution in [0.2, 0.25) is 0 Å². The quantitative estimate of drug-likeness (QED) is 0.593. The molecular formula is C18H27N3O5. The highest BCUT2D eigenvalue weighted by Crippen LogP contribution is 2.36. The van der Waals surface area contributed by atoms with Gasteiger partial charge in [-0.25, -0.2) is 9.69 Å². The number of esters is 1. The second-order valence-electron chi connectivity index (χ2n) is 7.45. The first-order valence-corrected chi connectivity index (χ1v) is 9.51. The molecule has 0 bridgehead atoms. The summed E-state index contributed by atoms with van der Waals surface area (Å²) in [6, 6.07) is -1.36. The van der Waals surface area contributed by atoms with E-state index in [1.165, 1.54) is 0 Å². The van der Waals surface area contributed by atoms with E-state index >= 15 is 0 Å². The molecule has 26 heavy (non-hydrogen) atoms. The Hall–Kier alpha value is -2.12. The average molecular weight is 365 g/mol. The largest absolute Gasteiger partial charge is 0.466 e. The highest BCUT2D eigenvalue weighted by molar-refractivity contribution is 6.10. The molecule has 2 atom stereocenters. The minimum Gasteiger partial charge on any atom is -0.466 e. The maximum absolute atomic E-state index is 12.9. The molecule has 0 aromatic rings. The molecule has 0 aromatic carbocycles. The standard InChI is InChI=1S/C18H27N3O5/c1-3-26-15(23)13-7-6-10-20(11-13)14(22)12(2)21-16(24)18(19-17(21)25)8-4-5-9-18/h12-13H,3-11H2,1-2H3,(H,19,25). The third-order valence-corrected chi connectivity index (χ3v) is 5.75. The SMILES string of the molecule is CCOC(=O)C1CCCN(C(=O)C(C)N2C(=O)NC3(CCCC3)C2=O)C1. The summed E-state index contributed by atoms with van der Waals surface area (Å²) < 4.78 is 5.06. The number of nitrogens with one attached hydrogen (secondary N) is 1. The van der Waals surface area contributed by atoms with E-state index in [0.29, 0.717) is 38.8 Å². The van der Waals surface area contributed by atoms with Crippen molar-refractivity contribution in [1.82, 2.24) is 15.1 Å². The number of carbonyl (C=O) groups excluding carboxylic acids is 4. The van der Waals surface area contributed by atoms with Crippen LogP contribution in [-0.2, 0) is 19.1 Å². The van der Waals surface area contributed by atoms with Crippen molar-refractivity contribution in [3.63, 3.8) is 0 Å². The van der Waals surface area contributed by atoms with Gasteiger partial charge in [-0.15, -0.1) is 0 Å². The summed E-state index contributed by atoms with van der Waals surface area (Å²) in [5, 5.41) is 2.80. The average Bonchev–Trinajstić information content (AvgIpc) is 3.19. The van der Waals surface area contributed by atoms with Gasteiger partial charge in [0, 0.05) is 13.1 Å². The van der Waals surface area contributed by atoms with Crippen molar-refractivity contribution in [3.05, 3.63) is 0 Å². The first kappa shape index (κ1) is 18.7. The van der Waals surface area contributed by atoms with E-state index in [9.17, 15) is 19.2 Å². The van der Waals surface area contributed by atoms with Crippen LogP contribution in [0.3, 0.4) is 0 Å². The van der Waals surface area contributed by atoms with Crippen LogP contribution in [-0.4, -0.2) is 64.9 Å². The number of rotatable bonds is 4. The predicted molar refractivity (Wildman–Crippen MR) is 92.0 cm³/mol. The summed E-state index contributed by atoms with van der Waals surface area (Å²) in [5.41, 5.74) is -0.818. The summed E-state index contributed by atoms with van der Waals surface area (Å²) >= 11 is 0. The second-order valence-corrected chi connectivity index (χ2v) is 7.45. The lowest BCUT2D eigenvalue weighted by Gasteiger charge is -2.34. The first-order chi connectivity index (χ1) is 12.4. The van der Waals surface area contributed by atoms with Crippen LogP contribution >= 0.6 is 0 Å². The molecule has 2 unspecified atom stereocenters. The number of imide groups is 1. The summed E-state index contributed by atoms with van der Waals surface area (Å²) in [6.07, 6.45) is 4.44. The highest BCUT2D eigenvalue weighted by Gasteiger charge is 2.55. The van der Waals surface area contributed by atoms with Crippen LogP contribution in [0.5, 0.6) is 0 Å². The molecule has 8 heteroatoms. The lowest BCUT2D eigenvalue weighted by atomic mass is 9.96. The summed E-state index contributed by atoms with van der Waals surface area (Å²) in [6.45, 7) is 4.44. The van der Waals surface area contributed by atoms with Gasteiger partial charge in [0.1, 0.15) is 11.6 Å². The minimum atomic E-state index is -0.872. The highest BCUT2D eigenvalue weighted by atomic mass is 16.5. The van der Waals surface area contributed by atoms with E-state index in [0.717, 1.165) is 17.7 Å². The lowest BCUT2D eigenvalue weighted by molar-refractivity contribution is -0.153. The van der Waals surface area contributed by atoms with Crippen molar-refractivity contribution < 1.29 is 23.9 Å². The number of likely N-dealkylation sites (tertiary alicyclic amines) is 1. The van der Waals surface area contributed by atoms with Gasteiger partial charge >= 0.3 is 12.0 Å². The Morgan fingerprint density at radius 3 is 2.62 bits per heavy atom. The molecule has 0 radical (unpaired) electrons. The molecule has 0 aromatic heterocycles. The van der Waals surface area contributed by atoms with E-state index in [1.807, 2.05) is 0 Å². The number of hydrogen-bond acceptors (Lipinski definition) is 5. The molecule has 4 amide bonds. The molecule has 1 N–H and O–H groups in total. The van der Waals surface area contributed by atoms with Gasteiger partial charge in [0.05, 0.1) is 12.5 Å². The molecule has 2 heterocycles. The smallest absolute Gasteiger partial charge is 0.325 e. The van der Waals surface area contributed by atoms with Gasteiger partial charge in [-0.2, -0.15) is 0 Å². The maximum atomic E-state index is 12.9. The number of carbonyl (C=O) groups is 4. The van der Waals surface area contributed by atoms with Crippen molar-refractivity contribution in [2.75, 3.05) is 19.7 Å². The van der Waals surface area contributed by atoms with Crippen LogP contribution in [0.1, 0.15) is 52.4 Å². The van der Waals surface area contributed by atoms with Gasteiger partial charge in [-0.3, -0.25) is 14.4 Å². The third kappa shape index (κ3) is 3.17. The summed E-state index contributed by atoms with van der Waals surface area (Å²) in [5.74, 6) is -1.22. The fourth-order valence-electron chi connectivity index (χ4n) is 4.31. The van der Waals surface area contributed by atoms with Gasteiger partial charge in [-0.05, 0) is 39.5 Å². The van der Waals surface area contributed by atoms with Gasteiger partial charge < -0.3 is 15.0 Å². The number of nitrogens with zero attached hydrogens (tertiary/aromatic N) is 2. The van der Waals surface area contributed by atoms with Gasteiger partial charge in [0.2, 0.25) is 5.91 Å². The van der Waals surface area contributed by atoms with Crippen molar-refractivity contribution in [2.24, 2.45) is 5.92 Å². The second kappa shape index (κ2) is 7.25. The van der Waals surface area contributed by atoms with Gasteiger partial charge in [0.15, 0.2) is 0 Å². The number of amides is 4. The van der Waals surface area contributed by atoms with E-state index in [1.54, 1.807) is 18.7 Å². The predicted octanol–water partition coefficient (Wildman–Crippen LogP) is 1.04. The van der Waals surface area contributed by atoms with Crippen LogP contribution < -0.4 is 5.32 Å². The molecule has 3 rings (SSSR count). The molecule has 1 spiro atoms. The Balaban J connectivity index is 1.68. The van der Waals surface area contributed by atoms with E-state index in [4.69, 9.17) is 4.74 Å². The molecule has 3 aliphatic rings. The zero-order chi connectivity index (χ0) is 18.9. The van der Waals surface area contributed by atoms with Crippen LogP contribution in [0, 0.1) is 5.92 Å². The zero-order valence-electron chi connectivity index (χ0n) is 15.5. The van der Waals surface area contributed by atoms with Gasteiger partial charge in [0.25, 0.3) is 5.91 Å². The van der Waals surface area contributed by atoms with Crippen LogP contribution in [0.15, 0.2) is 0 Å². The van der Waals surface area contributed by atoms with Crippen LogP contribution in [0.4, 0.5) is 4.79 Å². The number of hydrogen-bond donors (Lipinski definition) is 1. The number of piperidine rings is 1. The summed E-state index contributed by atoms with van der Waals surface area (Å²) in [4.78, 5) is 52.7. The van der Waals surface area contributed by atoms with Crippen molar-refractivity contribution in [1.29, 1.82) is 0 Å². The van der Waals surface area contributed by atoms with Gasteiger partial charge in [-0.1, -0.05) is 12.8 Å². The maximum Gasteiger partial charge on any atom is 0.325 e. The van der Waals surface area contributed by atoms with E-state index in [2.05, 4.69) is 5.32 Å². The van der Waals surface area contributed by atoms with Crippen molar-refractivity contribution in [2.45, 2.75) is 64.0 Å². The molecule has 144 valence electrons. The monoisotopic (exact) mass is 365 g/mol. The van der Waals surface area contributed by atoms with Crippen LogP contribution in [0.25, 0.3) is 0 Å². The topological polar surface area (TPSA) is 96.0 Å². The molecule has 1 aliphatic carbocycles. The molecule has 1 saturated carbocycles. The molecular weight excluding hydrogens is 338 g/mol. The third-order valence-electron chi connectivity index (χ3n) is 5.75. The molecule has 2 saturated heterocycles. The molecule has 8 nitrogen and oxygen atoms in total. The Bertz CT molecular complexity index is 614. The van der Waals surface area contributed by atoms with E-state index < -0.39 is 17.6 Å². The van der Waals surface area contributed by atoms with E-state index in [-0.39, 0.29) is 30.2 Å². The molecule has 2 aliphatic heterocycles. The minimum absolute atomic E-state index is 0.275. The lowest BCUT2D eigenvalue weighted by Crippen LogP contribution is -2.53. The summed E-state index contributed by atoms with van der Waals surface area (Å²) in [7, 11) is 0. The fraction of sp³-hybridized carbons (Fsp3) is 0.778. The zero-order valence-corrected chi connectivity index (χ0v) is 15.5. The van der Waals surface area contributed by atoms with Crippen molar-refractivity contribution >= 4 is 23.8 Å². The Morgan fingerprint density at radius 1 is 1.27 bits per heavy atom. The number of ether oxygens (including phenoxy) is 1. The first-order valence-electron chi connectivity index (χ1n) is 9.51. The normalized spacial score (nSPS) is 26.2. The fourth-order valence-corrected chi connectivity index (χ4v) is 4.31.